The molecule has 1 aliphatic carbocycles. The summed E-state index contributed by atoms with van der Waals surface area (Å²) in [6, 6.07) is 9.43. The first-order valence-electron chi connectivity index (χ1n) is 8.63. The van der Waals surface area contributed by atoms with E-state index in [2.05, 4.69) is 28.8 Å². The Morgan fingerprint density at radius 2 is 2.17 bits per heavy atom. The summed E-state index contributed by atoms with van der Waals surface area (Å²) < 4.78 is 11.4. The molecule has 0 aromatic heterocycles. The minimum Gasteiger partial charge on any atom is -0.494 e. The van der Waals surface area contributed by atoms with Crippen LogP contribution in [0.4, 0.5) is 0 Å². The van der Waals surface area contributed by atoms with Gasteiger partial charge in [0.1, 0.15) is 5.75 Å². The van der Waals surface area contributed by atoms with Crippen LogP contribution < -0.4 is 15.4 Å². The van der Waals surface area contributed by atoms with Crippen molar-refractivity contribution in [2.75, 3.05) is 26.4 Å². The van der Waals surface area contributed by atoms with E-state index < -0.39 is 0 Å². The van der Waals surface area contributed by atoms with Crippen LogP contribution in [0.15, 0.2) is 24.3 Å². The number of morpholine rings is 1. The fourth-order valence-corrected chi connectivity index (χ4v) is 3.77. The maximum Gasteiger partial charge on any atom is 0.123 e. The molecule has 1 aromatic rings. The SMILES string of the molecule is CCOc1ccccc1CNC1CCCC1C1COCCN1.Cl. The molecule has 3 rings (SSSR count). The number of benzene rings is 1. The highest BCUT2D eigenvalue weighted by atomic mass is 35.5. The maximum atomic E-state index is 5.72. The van der Waals surface area contributed by atoms with Crippen molar-refractivity contribution < 1.29 is 9.47 Å². The van der Waals surface area contributed by atoms with Crippen LogP contribution in [0.1, 0.15) is 31.7 Å². The van der Waals surface area contributed by atoms with Gasteiger partial charge in [0.05, 0.1) is 19.8 Å². The largest absolute Gasteiger partial charge is 0.494 e. The monoisotopic (exact) mass is 340 g/mol. The molecular weight excluding hydrogens is 312 g/mol. The Bertz CT molecular complexity index is 466. The number of hydrogen-bond donors (Lipinski definition) is 2. The summed E-state index contributed by atoms with van der Waals surface area (Å²) in [5, 5.41) is 7.40. The molecule has 1 aliphatic heterocycles. The standard InChI is InChI=1S/C18H28N2O2.ClH/c1-2-22-18-9-4-3-6-14(18)12-20-16-8-5-7-15(16)17-13-21-11-10-19-17;/h3-4,6,9,15-17,19-20H,2,5,7-8,10-13H2,1H3;1H. The van der Waals surface area contributed by atoms with Crippen LogP contribution in [0.25, 0.3) is 0 Å². The summed E-state index contributed by atoms with van der Waals surface area (Å²) >= 11 is 0. The lowest BCUT2D eigenvalue weighted by Gasteiger charge is -2.33. The molecule has 2 N–H and O–H groups in total. The third-order valence-corrected chi connectivity index (χ3v) is 4.86. The van der Waals surface area contributed by atoms with Gasteiger partial charge in [-0.05, 0) is 31.7 Å². The van der Waals surface area contributed by atoms with Crippen LogP contribution in [0, 0.1) is 5.92 Å². The number of nitrogens with one attached hydrogen (secondary N) is 2. The van der Waals surface area contributed by atoms with Crippen molar-refractivity contribution >= 4 is 12.4 Å². The van der Waals surface area contributed by atoms with Gasteiger partial charge in [0.25, 0.3) is 0 Å². The fraction of sp³-hybridized carbons (Fsp3) is 0.667. The average molecular weight is 341 g/mol. The minimum atomic E-state index is 0. The van der Waals surface area contributed by atoms with Gasteiger partial charge in [-0.3, -0.25) is 0 Å². The molecule has 23 heavy (non-hydrogen) atoms. The van der Waals surface area contributed by atoms with Crippen LogP contribution in [-0.2, 0) is 11.3 Å². The van der Waals surface area contributed by atoms with E-state index in [0.717, 1.165) is 32.1 Å². The van der Waals surface area contributed by atoms with E-state index in [1.807, 2.05) is 13.0 Å². The Morgan fingerprint density at radius 1 is 1.30 bits per heavy atom. The molecule has 2 fully saturated rings. The van der Waals surface area contributed by atoms with Crippen molar-refractivity contribution in [2.45, 2.75) is 44.8 Å². The Morgan fingerprint density at radius 3 is 2.96 bits per heavy atom. The van der Waals surface area contributed by atoms with Crippen molar-refractivity contribution in [1.82, 2.24) is 10.6 Å². The molecule has 1 heterocycles. The van der Waals surface area contributed by atoms with E-state index in [9.17, 15) is 0 Å². The summed E-state index contributed by atoms with van der Waals surface area (Å²) in [5.41, 5.74) is 1.25. The first kappa shape index (κ1) is 18.5. The smallest absolute Gasteiger partial charge is 0.123 e. The summed E-state index contributed by atoms with van der Waals surface area (Å²) in [6.07, 6.45) is 3.87. The van der Waals surface area contributed by atoms with Gasteiger partial charge in [-0.15, -0.1) is 12.4 Å². The van der Waals surface area contributed by atoms with Crippen molar-refractivity contribution in [3.8, 4) is 5.75 Å². The molecule has 0 bridgehead atoms. The highest BCUT2D eigenvalue weighted by Crippen LogP contribution is 2.30. The first-order valence-corrected chi connectivity index (χ1v) is 8.63. The van der Waals surface area contributed by atoms with E-state index in [4.69, 9.17) is 9.47 Å². The molecule has 0 amide bonds. The van der Waals surface area contributed by atoms with Gasteiger partial charge in [0.15, 0.2) is 0 Å². The van der Waals surface area contributed by atoms with Crippen LogP contribution in [0.3, 0.4) is 0 Å². The van der Waals surface area contributed by atoms with Crippen LogP contribution in [0.5, 0.6) is 5.75 Å². The van der Waals surface area contributed by atoms with Gasteiger partial charge in [-0.2, -0.15) is 0 Å². The molecular formula is C18H29ClN2O2. The highest BCUT2D eigenvalue weighted by molar-refractivity contribution is 5.85. The second-order valence-corrected chi connectivity index (χ2v) is 6.26. The summed E-state index contributed by atoms with van der Waals surface area (Å²) in [4.78, 5) is 0. The van der Waals surface area contributed by atoms with E-state index in [1.54, 1.807) is 0 Å². The molecule has 3 atom stereocenters. The van der Waals surface area contributed by atoms with Crippen LogP contribution in [-0.4, -0.2) is 38.4 Å². The zero-order valence-electron chi connectivity index (χ0n) is 13.9. The minimum absolute atomic E-state index is 0. The second-order valence-electron chi connectivity index (χ2n) is 6.26. The number of para-hydroxylation sites is 1. The van der Waals surface area contributed by atoms with Gasteiger partial charge in [-0.1, -0.05) is 24.6 Å². The molecule has 4 nitrogen and oxygen atoms in total. The van der Waals surface area contributed by atoms with Crippen molar-refractivity contribution in [2.24, 2.45) is 5.92 Å². The fourth-order valence-electron chi connectivity index (χ4n) is 3.77. The zero-order chi connectivity index (χ0) is 15.2. The van der Waals surface area contributed by atoms with E-state index in [0.29, 0.717) is 24.6 Å². The van der Waals surface area contributed by atoms with Gasteiger partial charge >= 0.3 is 0 Å². The molecule has 1 aromatic carbocycles. The molecule has 3 unspecified atom stereocenters. The number of hydrogen-bond acceptors (Lipinski definition) is 4. The first-order chi connectivity index (χ1) is 10.9. The zero-order valence-corrected chi connectivity index (χ0v) is 14.7. The van der Waals surface area contributed by atoms with Crippen molar-refractivity contribution in [1.29, 1.82) is 0 Å². The van der Waals surface area contributed by atoms with Crippen molar-refractivity contribution in [3.63, 3.8) is 0 Å². The molecule has 0 radical (unpaired) electrons. The molecule has 1 saturated carbocycles. The lowest BCUT2D eigenvalue weighted by molar-refractivity contribution is 0.0524. The highest BCUT2D eigenvalue weighted by Gasteiger charge is 2.34. The Kier molecular flexibility index (Phi) is 7.63. The van der Waals surface area contributed by atoms with Gasteiger partial charge in [-0.25, -0.2) is 0 Å². The lowest BCUT2D eigenvalue weighted by Crippen LogP contribution is -2.50. The summed E-state index contributed by atoms with van der Waals surface area (Å²) in [6.45, 7) is 6.33. The summed E-state index contributed by atoms with van der Waals surface area (Å²) in [5.74, 6) is 1.69. The number of rotatable bonds is 6. The third-order valence-electron chi connectivity index (χ3n) is 4.86. The third kappa shape index (κ3) is 4.83. The molecule has 5 heteroatoms. The Labute approximate surface area is 145 Å². The van der Waals surface area contributed by atoms with Gasteiger partial charge in [0.2, 0.25) is 0 Å². The summed E-state index contributed by atoms with van der Waals surface area (Å²) in [7, 11) is 0. The molecule has 2 aliphatic rings. The quantitative estimate of drug-likeness (QED) is 0.835. The predicted molar refractivity (Wildman–Crippen MR) is 95.4 cm³/mol. The van der Waals surface area contributed by atoms with E-state index >= 15 is 0 Å². The topological polar surface area (TPSA) is 42.5 Å². The number of halogens is 1. The Balaban J connectivity index is 0.00000192. The second kappa shape index (κ2) is 9.48. The van der Waals surface area contributed by atoms with Gasteiger partial charge < -0.3 is 20.1 Å². The predicted octanol–water partition coefficient (Wildman–Crippen LogP) is 2.75. The average Bonchev–Trinajstić information content (AvgIpc) is 3.04. The maximum absolute atomic E-state index is 5.72. The molecule has 1 saturated heterocycles. The van der Waals surface area contributed by atoms with Gasteiger partial charge in [0, 0.05) is 30.7 Å². The van der Waals surface area contributed by atoms with E-state index in [-0.39, 0.29) is 12.4 Å². The van der Waals surface area contributed by atoms with Crippen LogP contribution in [0.2, 0.25) is 0 Å². The number of ether oxygens (including phenoxy) is 2. The van der Waals surface area contributed by atoms with Crippen LogP contribution >= 0.6 is 12.4 Å². The van der Waals surface area contributed by atoms with E-state index in [1.165, 1.54) is 24.8 Å². The molecule has 0 spiro atoms. The van der Waals surface area contributed by atoms with Crippen molar-refractivity contribution in [3.05, 3.63) is 29.8 Å². The normalized spacial score (nSPS) is 27.4. The Hall–Kier alpha value is -0.810. The molecule has 130 valence electrons. The lowest BCUT2D eigenvalue weighted by atomic mass is 9.94.